The molecular formula is C21H20F3N5O2S. The first-order chi connectivity index (χ1) is 15.1. The first kappa shape index (κ1) is 23.3. The zero-order valence-corrected chi connectivity index (χ0v) is 18.0. The van der Waals surface area contributed by atoms with Crippen molar-refractivity contribution >= 4 is 29.3 Å². The number of aryl methyl sites for hydroxylation is 1. The topological polar surface area (TPSA) is 88.9 Å². The van der Waals surface area contributed by atoms with Gasteiger partial charge >= 0.3 is 6.18 Å². The number of nitrogens with zero attached hydrogens (tertiary/aromatic N) is 3. The van der Waals surface area contributed by atoms with Crippen LogP contribution in [0.3, 0.4) is 0 Å². The number of alkyl halides is 3. The number of amides is 2. The smallest absolute Gasteiger partial charge is 0.346 e. The normalized spacial score (nSPS) is 12.3. The summed E-state index contributed by atoms with van der Waals surface area (Å²) in [5, 5.41) is 13.7. The zero-order chi connectivity index (χ0) is 23.3. The van der Waals surface area contributed by atoms with E-state index in [4.69, 9.17) is 0 Å². The van der Waals surface area contributed by atoms with E-state index < -0.39 is 23.7 Å². The summed E-state index contributed by atoms with van der Waals surface area (Å²) < 4.78 is 39.8. The van der Waals surface area contributed by atoms with Gasteiger partial charge in [-0.15, -0.1) is 10.2 Å². The van der Waals surface area contributed by atoms with E-state index in [0.717, 1.165) is 12.1 Å². The molecule has 0 bridgehead atoms. The van der Waals surface area contributed by atoms with Crippen LogP contribution in [0.2, 0.25) is 0 Å². The van der Waals surface area contributed by atoms with E-state index in [9.17, 15) is 22.8 Å². The van der Waals surface area contributed by atoms with Gasteiger partial charge in [0.15, 0.2) is 5.16 Å². The van der Waals surface area contributed by atoms with Crippen LogP contribution in [0.25, 0.3) is 0 Å². The Bertz CT molecular complexity index is 1100. The molecule has 0 radical (unpaired) electrons. The molecule has 2 aromatic carbocycles. The average molecular weight is 463 g/mol. The lowest BCUT2D eigenvalue weighted by molar-refractivity contribution is -0.137. The molecule has 2 amide bonds. The Balaban J connectivity index is 1.58. The Labute approximate surface area is 186 Å². The molecule has 0 saturated carbocycles. The fraction of sp³-hybridized carbons (Fsp3) is 0.238. The lowest BCUT2D eigenvalue weighted by atomic mass is 10.1. The quantitative estimate of drug-likeness (QED) is 0.516. The third-order valence-electron chi connectivity index (χ3n) is 4.50. The second-order valence-corrected chi connectivity index (χ2v) is 7.90. The summed E-state index contributed by atoms with van der Waals surface area (Å²) in [6.45, 7) is 1.68. The number of halogens is 3. The molecule has 1 aromatic heterocycles. The first-order valence-electron chi connectivity index (χ1n) is 9.48. The van der Waals surface area contributed by atoms with E-state index in [1.165, 1.54) is 36.3 Å². The van der Waals surface area contributed by atoms with Crippen LogP contribution in [0, 0.1) is 0 Å². The molecule has 0 aliphatic rings. The molecule has 11 heteroatoms. The number of anilines is 1. The Hall–Kier alpha value is -3.34. The van der Waals surface area contributed by atoms with Crippen molar-refractivity contribution in [1.29, 1.82) is 0 Å². The number of hydrogen-bond acceptors (Lipinski definition) is 5. The summed E-state index contributed by atoms with van der Waals surface area (Å²) in [4.78, 5) is 24.8. The van der Waals surface area contributed by atoms with Crippen LogP contribution < -0.4 is 10.6 Å². The van der Waals surface area contributed by atoms with Gasteiger partial charge in [0.25, 0.3) is 5.91 Å². The largest absolute Gasteiger partial charge is 0.416 e. The summed E-state index contributed by atoms with van der Waals surface area (Å²) in [5.74, 6) is -0.566. The van der Waals surface area contributed by atoms with Crippen molar-refractivity contribution in [2.45, 2.75) is 24.3 Å². The van der Waals surface area contributed by atoms with Crippen molar-refractivity contribution in [3.8, 4) is 0 Å². The van der Waals surface area contributed by atoms with Gasteiger partial charge in [0.1, 0.15) is 6.33 Å². The molecule has 0 saturated heterocycles. The molecule has 7 nitrogen and oxygen atoms in total. The fourth-order valence-electron chi connectivity index (χ4n) is 2.79. The molecule has 1 heterocycles. The number of hydrogen-bond donors (Lipinski definition) is 2. The Morgan fingerprint density at radius 1 is 1.16 bits per heavy atom. The predicted octanol–water partition coefficient (Wildman–Crippen LogP) is 4.06. The Kier molecular flexibility index (Phi) is 7.18. The molecule has 3 aromatic rings. The lowest BCUT2D eigenvalue weighted by Crippen LogP contribution is -2.26. The molecule has 0 aliphatic carbocycles. The van der Waals surface area contributed by atoms with E-state index >= 15 is 0 Å². The molecule has 1 unspecified atom stereocenters. The minimum atomic E-state index is -4.41. The van der Waals surface area contributed by atoms with Gasteiger partial charge < -0.3 is 15.2 Å². The van der Waals surface area contributed by atoms with Crippen LogP contribution in [0.4, 0.5) is 18.9 Å². The van der Waals surface area contributed by atoms with Crippen LogP contribution in [0.5, 0.6) is 0 Å². The van der Waals surface area contributed by atoms with Crippen LogP contribution >= 0.6 is 11.8 Å². The van der Waals surface area contributed by atoms with Gasteiger partial charge in [-0.05, 0) is 42.8 Å². The summed E-state index contributed by atoms with van der Waals surface area (Å²) >= 11 is 1.23. The van der Waals surface area contributed by atoms with E-state index in [1.807, 2.05) is 0 Å². The van der Waals surface area contributed by atoms with Crippen molar-refractivity contribution < 1.29 is 22.8 Å². The highest BCUT2D eigenvalue weighted by Gasteiger charge is 2.30. The maximum atomic E-state index is 12.7. The maximum absolute atomic E-state index is 12.7. The Morgan fingerprint density at radius 2 is 1.88 bits per heavy atom. The predicted molar refractivity (Wildman–Crippen MR) is 114 cm³/mol. The molecule has 2 N–H and O–H groups in total. The Morgan fingerprint density at radius 3 is 2.50 bits per heavy atom. The number of rotatable bonds is 7. The second-order valence-electron chi connectivity index (χ2n) is 6.96. The summed E-state index contributed by atoms with van der Waals surface area (Å²) in [5.41, 5.74) is 0.545. The summed E-state index contributed by atoms with van der Waals surface area (Å²) in [6.07, 6.45) is -2.88. The van der Waals surface area contributed by atoms with Crippen molar-refractivity contribution in [2.75, 3.05) is 11.1 Å². The summed E-state index contributed by atoms with van der Waals surface area (Å²) in [7, 11) is 1.77. The fourth-order valence-corrected chi connectivity index (χ4v) is 3.48. The van der Waals surface area contributed by atoms with Gasteiger partial charge in [-0.2, -0.15) is 13.2 Å². The molecule has 1 atom stereocenters. The number of thioether (sulfide) groups is 1. The van der Waals surface area contributed by atoms with Gasteiger partial charge in [0, 0.05) is 18.3 Å². The highest BCUT2D eigenvalue weighted by molar-refractivity contribution is 7.99. The van der Waals surface area contributed by atoms with Crippen LogP contribution in [0.1, 0.15) is 34.5 Å². The minimum Gasteiger partial charge on any atom is -0.346 e. The van der Waals surface area contributed by atoms with E-state index in [2.05, 4.69) is 20.8 Å². The molecular weight excluding hydrogens is 443 g/mol. The molecule has 32 heavy (non-hydrogen) atoms. The number of carbonyl (C=O) groups excluding carboxylic acids is 2. The first-order valence-corrected chi connectivity index (χ1v) is 10.5. The number of carbonyl (C=O) groups is 2. The van der Waals surface area contributed by atoms with Crippen molar-refractivity contribution in [2.24, 2.45) is 7.05 Å². The maximum Gasteiger partial charge on any atom is 0.416 e. The van der Waals surface area contributed by atoms with E-state index in [-0.39, 0.29) is 11.7 Å². The summed E-state index contributed by atoms with van der Waals surface area (Å²) in [6, 6.07) is 10.5. The third kappa shape index (κ3) is 6.10. The lowest BCUT2D eigenvalue weighted by Gasteiger charge is -2.16. The van der Waals surface area contributed by atoms with Crippen molar-refractivity contribution in [1.82, 2.24) is 20.1 Å². The molecule has 0 spiro atoms. The van der Waals surface area contributed by atoms with Gasteiger partial charge in [0.2, 0.25) is 5.91 Å². The molecule has 0 fully saturated rings. The monoisotopic (exact) mass is 463 g/mol. The van der Waals surface area contributed by atoms with E-state index in [1.54, 1.807) is 36.7 Å². The van der Waals surface area contributed by atoms with Crippen LogP contribution in [-0.2, 0) is 18.0 Å². The molecule has 168 valence electrons. The number of aromatic nitrogens is 3. The van der Waals surface area contributed by atoms with Gasteiger partial charge in [-0.1, -0.05) is 30.0 Å². The van der Waals surface area contributed by atoms with Crippen molar-refractivity contribution in [3.63, 3.8) is 0 Å². The average Bonchev–Trinajstić information content (AvgIpc) is 3.16. The number of benzene rings is 2. The minimum absolute atomic E-state index is 0.119. The standard InChI is InChI=1S/C21H20F3N5O2S/c1-13(14-6-8-16(9-7-14)21(22,23)24)26-19(31)15-4-3-5-17(10-15)27-18(30)11-32-20-28-25-12-29(20)2/h3-10,12-13H,11H2,1-2H3,(H,26,31)(H,27,30). The van der Waals surface area contributed by atoms with Crippen LogP contribution in [0.15, 0.2) is 60.0 Å². The number of nitrogens with one attached hydrogen (secondary N) is 2. The highest BCUT2D eigenvalue weighted by atomic mass is 32.2. The van der Waals surface area contributed by atoms with Gasteiger partial charge in [-0.3, -0.25) is 9.59 Å². The zero-order valence-electron chi connectivity index (χ0n) is 17.2. The second kappa shape index (κ2) is 9.86. The van der Waals surface area contributed by atoms with Crippen molar-refractivity contribution in [3.05, 3.63) is 71.5 Å². The highest BCUT2D eigenvalue weighted by Crippen LogP contribution is 2.30. The van der Waals surface area contributed by atoms with Crippen LogP contribution in [-0.4, -0.2) is 32.3 Å². The molecule has 0 aliphatic heterocycles. The molecule has 3 rings (SSSR count). The SMILES string of the molecule is CC(NC(=O)c1cccc(NC(=O)CSc2nncn2C)c1)c1ccc(C(F)(F)F)cc1. The van der Waals surface area contributed by atoms with E-state index in [0.29, 0.717) is 22.0 Å². The third-order valence-corrected chi connectivity index (χ3v) is 5.53. The van der Waals surface area contributed by atoms with Gasteiger partial charge in [0.05, 0.1) is 17.4 Å². The van der Waals surface area contributed by atoms with Gasteiger partial charge in [-0.25, -0.2) is 0 Å².